The van der Waals surface area contributed by atoms with Gasteiger partial charge in [0.15, 0.2) is 17.2 Å². The van der Waals surface area contributed by atoms with Gasteiger partial charge in [0.25, 0.3) is 0 Å². The number of nitrogens with one attached hydrogen (secondary N) is 1. The maximum absolute atomic E-state index is 10.3. The van der Waals surface area contributed by atoms with E-state index in [1.165, 1.54) is 6.07 Å². The number of phenols is 1. The smallest absolute Gasteiger partial charge is 0.176 e. The van der Waals surface area contributed by atoms with Crippen molar-refractivity contribution < 1.29 is 24.1 Å². The molecule has 0 aliphatic carbocycles. The fraction of sp³-hybridized carbons (Fsp3) is 0.250. The second kappa shape index (κ2) is 7.11. The molecule has 0 amide bonds. The molecule has 2 N–H and O–H groups in total. The molecule has 7 nitrogen and oxygen atoms in total. The Morgan fingerprint density at radius 1 is 1.04 bits per heavy atom. The molecule has 0 bridgehead atoms. The van der Waals surface area contributed by atoms with Gasteiger partial charge >= 0.3 is 0 Å². The summed E-state index contributed by atoms with van der Waals surface area (Å²) >= 11 is 0. The van der Waals surface area contributed by atoms with E-state index in [1.54, 1.807) is 25.3 Å². The number of aryl methyl sites for hydroxylation is 1. The molecule has 1 aliphatic heterocycles. The van der Waals surface area contributed by atoms with Crippen molar-refractivity contribution in [2.24, 2.45) is 0 Å². The van der Waals surface area contributed by atoms with E-state index in [1.807, 2.05) is 19.1 Å². The van der Waals surface area contributed by atoms with Gasteiger partial charge in [0.05, 0.1) is 26.0 Å². The Hall–Kier alpha value is -3.35. The number of H-pyrrole nitrogens is 1. The first-order chi connectivity index (χ1) is 13.2. The average molecular weight is 368 g/mol. The quantitative estimate of drug-likeness (QED) is 0.722. The van der Waals surface area contributed by atoms with E-state index in [9.17, 15) is 5.11 Å². The number of aromatic amines is 1. The van der Waals surface area contributed by atoms with Crippen LogP contribution in [0.3, 0.4) is 0 Å². The molecule has 2 heterocycles. The number of rotatable bonds is 4. The summed E-state index contributed by atoms with van der Waals surface area (Å²) in [4.78, 5) is 0. The molecule has 0 fully saturated rings. The molecule has 0 radical (unpaired) electrons. The number of hydrogen-bond acceptors (Lipinski definition) is 6. The number of aromatic nitrogens is 2. The van der Waals surface area contributed by atoms with Crippen molar-refractivity contribution in [2.75, 3.05) is 20.3 Å². The Morgan fingerprint density at radius 3 is 2.59 bits per heavy atom. The van der Waals surface area contributed by atoms with Gasteiger partial charge in [-0.3, -0.25) is 5.10 Å². The first kappa shape index (κ1) is 17.1. The zero-order valence-electron chi connectivity index (χ0n) is 15.1. The number of phenolic OH excluding ortho intramolecular Hbond substituents is 1. The molecular weight excluding hydrogens is 348 g/mol. The topological polar surface area (TPSA) is 85.8 Å². The molecule has 1 aromatic heterocycles. The van der Waals surface area contributed by atoms with Crippen LogP contribution in [0.2, 0.25) is 0 Å². The third-order valence-electron chi connectivity index (χ3n) is 4.29. The number of ether oxygens (including phenoxy) is 4. The van der Waals surface area contributed by atoms with Gasteiger partial charge in [-0.25, -0.2) is 0 Å². The lowest BCUT2D eigenvalue weighted by atomic mass is 10.1. The van der Waals surface area contributed by atoms with Gasteiger partial charge < -0.3 is 24.1 Å². The Bertz CT molecular complexity index is 967. The number of benzene rings is 2. The SMILES string of the molecule is COc1ccc(-c2n[nH]c(C)c2Oc2ccc3c(c2)OCCCO3)c(O)c1. The highest BCUT2D eigenvalue weighted by atomic mass is 16.5. The molecule has 2 aromatic carbocycles. The average Bonchev–Trinajstić information content (AvgIpc) is 2.89. The molecule has 1 aliphatic rings. The minimum absolute atomic E-state index is 0.0596. The highest BCUT2D eigenvalue weighted by molar-refractivity contribution is 5.74. The van der Waals surface area contributed by atoms with E-state index in [2.05, 4.69) is 10.2 Å². The number of nitrogens with zero attached hydrogens (tertiary/aromatic N) is 1. The Kier molecular flexibility index (Phi) is 4.50. The number of aromatic hydroxyl groups is 1. The zero-order chi connectivity index (χ0) is 18.8. The van der Waals surface area contributed by atoms with Crippen molar-refractivity contribution in [3.05, 3.63) is 42.1 Å². The van der Waals surface area contributed by atoms with Crippen LogP contribution in [0.5, 0.6) is 34.5 Å². The van der Waals surface area contributed by atoms with Crippen LogP contribution >= 0.6 is 0 Å². The minimum atomic E-state index is 0.0596. The van der Waals surface area contributed by atoms with E-state index in [0.717, 1.165) is 12.1 Å². The van der Waals surface area contributed by atoms with E-state index < -0.39 is 0 Å². The number of methoxy groups -OCH3 is 1. The van der Waals surface area contributed by atoms with Crippen LogP contribution in [-0.2, 0) is 0 Å². The summed E-state index contributed by atoms with van der Waals surface area (Å²) in [7, 11) is 1.55. The predicted molar refractivity (Wildman–Crippen MR) is 99.1 cm³/mol. The summed E-state index contributed by atoms with van der Waals surface area (Å²) in [6.07, 6.45) is 0.840. The molecule has 0 unspecified atom stereocenters. The summed E-state index contributed by atoms with van der Waals surface area (Å²) in [6.45, 7) is 3.09. The molecule has 7 heteroatoms. The number of fused-ring (bicyclic) bond motifs is 1. The largest absolute Gasteiger partial charge is 0.507 e. The monoisotopic (exact) mass is 368 g/mol. The summed E-state index contributed by atoms with van der Waals surface area (Å²) in [6, 6.07) is 10.5. The second-order valence-electron chi connectivity index (χ2n) is 6.17. The lowest BCUT2D eigenvalue weighted by molar-refractivity contribution is 0.296. The van der Waals surface area contributed by atoms with Crippen LogP contribution < -0.4 is 18.9 Å². The molecule has 140 valence electrons. The van der Waals surface area contributed by atoms with Crippen molar-refractivity contribution in [1.29, 1.82) is 0 Å². The van der Waals surface area contributed by atoms with Crippen LogP contribution in [-0.4, -0.2) is 35.6 Å². The standard InChI is InChI=1S/C20H20N2O5/c1-12-20(19(22-21-12)15-6-4-13(24-2)10-16(15)23)27-14-5-7-17-18(11-14)26-9-3-8-25-17/h4-7,10-11,23H,3,8-9H2,1-2H3,(H,21,22). The first-order valence-corrected chi connectivity index (χ1v) is 8.65. The van der Waals surface area contributed by atoms with E-state index >= 15 is 0 Å². The van der Waals surface area contributed by atoms with E-state index in [-0.39, 0.29) is 5.75 Å². The van der Waals surface area contributed by atoms with Crippen LogP contribution in [0.25, 0.3) is 11.3 Å². The summed E-state index contributed by atoms with van der Waals surface area (Å²) in [5.74, 6) is 3.11. The lowest BCUT2D eigenvalue weighted by Gasteiger charge is -2.12. The summed E-state index contributed by atoms with van der Waals surface area (Å²) < 4.78 is 22.6. The van der Waals surface area contributed by atoms with Gasteiger partial charge in [-0.15, -0.1) is 0 Å². The molecule has 4 rings (SSSR count). The van der Waals surface area contributed by atoms with Gasteiger partial charge in [-0.05, 0) is 31.2 Å². The van der Waals surface area contributed by atoms with Gasteiger partial charge in [0.1, 0.15) is 22.9 Å². The molecule has 0 atom stereocenters. The third-order valence-corrected chi connectivity index (χ3v) is 4.29. The van der Waals surface area contributed by atoms with Crippen LogP contribution in [0.1, 0.15) is 12.1 Å². The maximum atomic E-state index is 10.3. The summed E-state index contributed by atoms with van der Waals surface area (Å²) in [5, 5.41) is 17.5. The van der Waals surface area contributed by atoms with E-state index in [0.29, 0.717) is 53.2 Å². The predicted octanol–water partition coefficient (Wildman–Crippen LogP) is 4.05. The molecule has 0 saturated carbocycles. The molecular formula is C20H20N2O5. The van der Waals surface area contributed by atoms with Gasteiger partial charge in [0.2, 0.25) is 0 Å². The Morgan fingerprint density at radius 2 is 1.81 bits per heavy atom. The number of hydrogen-bond donors (Lipinski definition) is 2. The van der Waals surface area contributed by atoms with Gasteiger partial charge in [-0.2, -0.15) is 5.10 Å². The zero-order valence-corrected chi connectivity index (χ0v) is 15.1. The van der Waals surface area contributed by atoms with Crippen LogP contribution in [0.15, 0.2) is 36.4 Å². The fourth-order valence-corrected chi connectivity index (χ4v) is 2.89. The first-order valence-electron chi connectivity index (χ1n) is 8.65. The van der Waals surface area contributed by atoms with Gasteiger partial charge in [0, 0.05) is 24.1 Å². The molecule has 27 heavy (non-hydrogen) atoms. The Balaban J connectivity index is 1.68. The van der Waals surface area contributed by atoms with Crippen LogP contribution in [0.4, 0.5) is 0 Å². The molecule has 3 aromatic rings. The van der Waals surface area contributed by atoms with Crippen molar-refractivity contribution in [2.45, 2.75) is 13.3 Å². The highest BCUT2D eigenvalue weighted by Crippen LogP contribution is 2.41. The minimum Gasteiger partial charge on any atom is -0.507 e. The third kappa shape index (κ3) is 3.36. The second-order valence-corrected chi connectivity index (χ2v) is 6.17. The molecule has 0 saturated heterocycles. The molecule has 0 spiro atoms. The fourth-order valence-electron chi connectivity index (χ4n) is 2.89. The van der Waals surface area contributed by atoms with Crippen molar-refractivity contribution in [1.82, 2.24) is 10.2 Å². The van der Waals surface area contributed by atoms with Crippen molar-refractivity contribution in [3.8, 4) is 45.8 Å². The van der Waals surface area contributed by atoms with Crippen LogP contribution in [0, 0.1) is 6.92 Å². The lowest BCUT2D eigenvalue weighted by Crippen LogP contribution is -1.97. The normalized spacial score (nSPS) is 13.1. The van der Waals surface area contributed by atoms with E-state index in [4.69, 9.17) is 18.9 Å². The maximum Gasteiger partial charge on any atom is 0.176 e. The Labute approximate surface area is 156 Å². The summed E-state index contributed by atoms with van der Waals surface area (Å²) in [5.41, 5.74) is 1.80. The highest BCUT2D eigenvalue weighted by Gasteiger charge is 2.19. The van der Waals surface area contributed by atoms with Crippen molar-refractivity contribution in [3.63, 3.8) is 0 Å². The van der Waals surface area contributed by atoms with Gasteiger partial charge in [-0.1, -0.05) is 0 Å². The van der Waals surface area contributed by atoms with Crippen molar-refractivity contribution >= 4 is 0 Å².